The van der Waals surface area contributed by atoms with E-state index in [0.717, 1.165) is 32.5 Å². The first-order valence-electron chi connectivity index (χ1n) is 7.94. The Morgan fingerprint density at radius 2 is 2.05 bits per heavy atom. The Hall–Kier alpha value is -1.72. The van der Waals surface area contributed by atoms with Crippen LogP contribution < -0.4 is 0 Å². The third-order valence-electron chi connectivity index (χ3n) is 4.07. The molecule has 1 saturated heterocycles. The van der Waals surface area contributed by atoms with Crippen LogP contribution in [0.1, 0.15) is 37.2 Å². The molecule has 1 aromatic heterocycles. The zero-order valence-corrected chi connectivity index (χ0v) is 13.2. The molecular formula is C17H23N3O2. The summed E-state index contributed by atoms with van der Waals surface area (Å²) in [4.78, 5) is 6.90. The van der Waals surface area contributed by atoms with Crippen LogP contribution in [0.15, 0.2) is 34.9 Å². The number of aromatic nitrogens is 2. The molecular weight excluding hydrogens is 278 g/mol. The minimum Gasteiger partial charge on any atom is -0.367 e. The molecule has 1 aliphatic rings. The lowest BCUT2D eigenvalue weighted by atomic mass is 10.1. The molecule has 0 radical (unpaired) electrons. The van der Waals surface area contributed by atoms with Gasteiger partial charge in [-0.05, 0) is 25.8 Å². The van der Waals surface area contributed by atoms with Gasteiger partial charge in [0.25, 0.3) is 0 Å². The highest BCUT2D eigenvalue weighted by Gasteiger charge is 2.27. The van der Waals surface area contributed by atoms with Gasteiger partial charge in [-0.1, -0.05) is 35.5 Å². The monoisotopic (exact) mass is 301 g/mol. The highest BCUT2D eigenvalue weighted by molar-refractivity contribution is 5.15. The van der Waals surface area contributed by atoms with Crippen LogP contribution in [-0.2, 0) is 17.6 Å². The van der Waals surface area contributed by atoms with Gasteiger partial charge in [-0.2, -0.15) is 4.98 Å². The van der Waals surface area contributed by atoms with Crippen molar-refractivity contribution in [3.05, 3.63) is 47.6 Å². The summed E-state index contributed by atoms with van der Waals surface area (Å²) < 4.78 is 11.2. The summed E-state index contributed by atoms with van der Waals surface area (Å²) in [6.45, 7) is 6.91. The smallest absolute Gasteiger partial charge is 0.227 e. The van der Waals surface area contributed by atoms with E-state index in [1.807, 2.05) is 18.2 Å². The van der Waals surface area contributed by atoms with Crippen LogP contribution in [0, 0.1) is 0 Å². The van der Waals surface area contributed by atoms with Gasteiger partial charge in [0.05, 0.1) is 6.61 Å². The molecule has 1 fully saturated rings. The summed E-state index contributed by atoms with van der Waals surface area (Å²) in [5.41, 5.74) is 1.28. The predicted octanol–water partition coefficient (Wildman–Crippen LogP) is 2.64. The normalized spacial score (nSPS) is 19.7. The van der Waals surface area contributed by atoms with Gasteiger partial charge in [0.2, 0.25) is 11.7 Å². The van der Waals surface area contributed by atoms with Crippen molar-refractivity contribution in [3.8, 4) is 0 Å². The van der Waals surface area contributed by atoms with Crippen LogP contribution in [-0.4, -0.2) is 40.8 Å². The lowest BCUT2D eigenvalue weighted by Gasteiger charge is -2.34. The van der Waals surface area contributed by atoms with E-state index >= 15 is 0 Å². The molecule has 1 atom stereocenters. The topological polar surface area (TPSA) is 51.4 Å². The molecule has 3 rings (SSSR count). The van der Waals surface area contributed by atoms with Crippen molar-refractivity contribution < 1.29 is 9.26 Å². The van der Waals surface area contributed by atoms with Gasteiger partial charge >= 0.3 is 0 Å². The van der Waals surface area contributed by atoms with Crippen LogP contribution >= 0.6 is 0 Å². The maximum absolute atomic E-state index is 5.79. The number of hydrogen-bond acceptors (Lipinski definition) is 5. The van der Waals surface area contributed by atoms with E-state index in [1.165, 1.54) is 5.56 Å². The first kappa shape index (κ1) is 15.2. The number of morpholine rings is 1. The zero-order valence-electron chi connectivity index (χ0n) is 13.2. The molecule has 22 heavy (non-hydrogen) atoms. The molecule has 0 unspecified atom stereocenters. The van der Waals surface area contributed by atoms with Crippen LogP contribution in [0.3, 0.4) is 0 Å². The van der Waals surface area contributed by atoms with E-state index in [0.29, 0.717) is 17.8 Å². The Labute approximate surface area is 131 Å². The van der Waals surface area contributed by atoms with Crippen LogP contribution in [0.4, 0.5) is 0 Å². The van der Waals surface area contributed by atoms with E-state index in [-0.39, 0.29) is 6.10 Å². The number of nitrogens with zero attached hydrogens (tertiary/aromatic N) is 3. The van der Waals surface area contributed by atoms with Crippen molar-refractivity contribution in [3.63, 3.8) is 0 Å². The summed E-state index contributed by atoms with van der Waals surface area (Å²) in [6, 6.07) is 10.9. The van der Waals surface area contributed by atoms with E-state index < -0.39 is 0 Å². The molecule has 0 saturated carbocycles. The molecule has 0 N–H and O–H groups in total. The van der Waals surface area contributed by atoms with E-state index in [4.69, 9.17) is 9.26 Å². The van der Waals surface area contributed by atoms with Crippen molar-refractivity contribution in [1.29, 1.82) is 0 Å². The average molecular weight is 301 g/mol. The third-order valence-corrected chi connectivity index (χ3v) is 4.07. The third kappa shape index (κ3) is 3.72. The summed E-state index contributed by atoms with van der Waals surface area (Å²) in [6.07, 6.45) is 1.59. The molecule has 0 aliphatic carbocycles. The molecule has 2 aromatic rings. The van der Waals surface area contributed by atoms with Crippen LogP contribution in [0.5, 0.6) is 0 Å². The molecule has 5 heteroatoms. The Morgan fingerprint density at radius 1 is 1.23 bits per heavy atom. The van der Waals surface area contributed by atoms with Gasteiger partial charge in [0.1, 0.15) is 6.10 Å². The Morgan fingerprint density at radius 3 is 2.82 bits per heavy atom. The van der Waals surface area contributed by atoms with E-state index in [2.05, 4.69) is 41.0 Å². The first-order valence-corrected chi connectivity index (χ1v) is 7.94. The number of hydrogen-bond donors (Lipinski definition) is 0. The highest BCUT2D eigenvalue weighted by Crippen LogP contribution is 2.21. The summed E-state index contributed by atoms with van der Waals surface area (Å²) in [7, 11) is 0. The zero-order chi connectivity index (χ0) is 15.4. The van der Waals surface area contributed by atoms with Gasteiger partial charge in [0.15, 0.2) is 0 Å². The van der Waals surface area contributed by atoms with Gasteiger partial charge in [-0.3, -0.25) is 4.90 Å². The second-order valence-electron chi connectivity index (χ2n) is 5.98. The maximum atomic E-state index is 5.79. The quantitative estimate of drug-likeness (QED) is 0.850. The first-order chi connectivity index (χ1) is 10.7. The fourth-order valence-electron chi connectivity index (χ4n) is 2.69. The average Bonchev–Trinajstić information content (AvgIpc) is 3.03. The fourth-order valence-corrected chi connectivity index (χ4v) is 2.69. The SMILES string of the molecule is CC(C)N1CCO[C@H](c2noc(CCc3ccccc3)n2)C1. The molecule has 2 heterocycles. The standard InChI is InChI=1S/C17H23N3O2/c1-13(2)20-10-11-21-15(12-20)17-18-16(22-19-17)9-8-14-6-4-3-5-7-14/h3-7,13,15H,8-12H2,1-2H3/t15-/m0/s1. The number of aryl methyl sites for hydroxylation is 2. The van der Waals surface area contributed by atoms with Gasteiger partial charge < -0.3 is 9.26 Å². The lowest BCUT2D eigenvalue weighted by molar-refractivity contribution is -0.0450. The van der Waals surface area contributed by atoms with Crippen molar-refractivity contribution in [2.75, 3.05) is 19.7 Å². The molecule has 5 nitrogen and oxygen atoms in total. The van der Waals surface area contributed by atoms with Gasteiger partial charge in [0, 0.05) is 25.6 Å². The number of benzene rings is 1. The molecule has 0 bridgehead atoms. The second kappa shape index (κ2) is 7.03. The van der Waals surface area contributed by atoms with Crippen molar-refractivity contribution >= 4 is 0 Å². The second-order valence-corrected chi connectivity index (χ2v) is 5.98. The molecule has 1 aliphatic heterocycles. The van der Waals surface area contributed by atoms with Gasteiger partial charge in [-0.25, -0.2) is 0 Å². The number of rotatable bonds is 5. The van der Waals surface area contributed by atoms with E-state index in [1.54, 1.807) is 0 Å². The minimum atomic E-state index is -0.0784. The summed E-state index contributed by atoms with van der Waals surface area (Å²) in [5.74, 6) is 1.36. The predicted molar refractivity (Wildman–Crippen MR) is 83.6 cm³/mol. The number of ether oxygens (including phenoxy) is 1. The van der Waals surface area contributed by atoms with Crippen molar-refractivity contribution in [2.24, 2.45) is 0 Å². The summed E-state index contributed by atoms with van der Waals surface area (Å²) in [5, 5.41) is 4.11. The van der Waals surface area contributed by atoms with Crippen LogP contribution in [0.25, 0.3) is 0 Å². The van der Waals surface area contributed by atoms with Gasteiger partial charge in [-0.15, -0.1) is 0 Å². The maximum Gasteiger partial charge on any atom is 0.227 e. The Kier molecular flexibility index (Phi) is 4.85. The Balaban J connectivity index is 1.59. The fraction of sp³-hybridized carbons (Fsp3) is 0.529. The van der Waals surface area contributed by atoms with E-state index in [9.17, 15) is 0 Å². The highest BCUT2D eigenvalue weighted by atomic mass is 16.5. The Bertz CT molecular complexity index is 583. The lowest BCUT2D eigenvalue weighted by Crippen LogP contribution is -2.42. The van der Waals surface area contributed by atoms with Crippen molar-refractivity contribution in [2.45, 2.75) is 38.8 Å². The minimum absolute atomic E-state index is 0.0784. The molecule has 118 valence electrons. The molecule has 0 amide bonds. The van der Waals surface area contributed by atoms with Crippen LogP contribution in [0.2, 0.25) is 0 Å². The summed E-state index contributed by atoms with van der Waals surface area (Å²) >= 11 is 0. The molecule has 1 aromatic carbocycles. The van der Waals surface area contributed by atoms with Crippen molar-refractivity contribution in [1.82, 2.24) is 15.0 Å². The largest absolute Gasteiger partial charge is 0.367 e. The molecule has 0 spiro atoms.